The molecule has 0 unspecified atom stereocenters. The number of hydrogen-bond donors (Lipinski definition) is 1. The zero-order valence-corrected chi connectivity index (χ0v) is 7.97. The second kappa shape index (κ2) is 3.51. The molecule has 0 aromatic carbocycles. The van der Waals surface area contributed by atoms with Gasteiger partial charge in [-0.2, -0.15) is 18.3 Å². The summed E-state index contributed by atoms with van der Waals surface area (Å²) in [6.07, 6.45) is -4.39. The van der Waals surface area contributed by atoms with E-state index in [0.717, 1.165) is 10.7 Å². The summed E-state index contributed by atoms with van der Waals surface area (Å²) in [5.41, 5.74) is 4.43. The van der Waals surface area contributed by atoms with Crippen molar-refractivity contribution in [1.82, 2.24) is 9.78 Å². The van der Waals surface area contributed by atoms with Crippen LogP contribution in [-0.4, -0.2) is 9.78 Å². The molecule has 3 nitrogen and oxygen atoms in total. The molecule has 14 heavy (non-hydrogen) atoms. The maximum absolute atomic E-state index is 12.4. The molecule has 0 saturated carbocycles. The Morgan fingerprint density at radius 3 is 2.50 bits per heavy atom. The maximum atomic E-state index is 12.4. The molecule has 1 aromatic heterocycles. The summed E-state index contributed by atoms with van der Waals surface area (Å²) in [6, 6.07) is 0.850. The quantitative estimate of drug-likeness (QED) is 0.807. The van der Waals surface area contributed by atoms with Crippen LogP contribution >= 0.6 is 0 Å². The largest absolute Gasteiger partial charge is 0.433 e. The van der Waals surface area contributed by atoms with Crippen molar-refractivity contribution >= 4 is 5.82 Å². The summed E-state index contributed by atoms with van der Waals surface area (Å²) in [5.74, 6) is -0.00613. The molecule has 6 heteroatoms. The molecular weight excluding hydrogens is 195 g/mol. The van der Waals surface area contributed by atoms with E-state index in [9.17, 15) is 13.2 Å². The number of rotatable bonds is 2. The monoisotopic (exact) mass is 207 g/mol. The van der Waals surface area contributed by atoms with Crippen molar-refractivity contribution in [2.24, 2.45) is 5.92 Å². The molecule has 1 heterocycles. The fraction of sp³-hybridized carbons (Fsp3) is 0.625. The first-order chi connectivity index (χ1) is 6.30. The topological polar surface area (TPSA) is 43.8 Å². The molecule has 1 rings (SSSR count). The van der Waals surface area contributed by atoms with Crippen LogP contribution in [0.1, 0.15) is 19.5 Å². The zero-order valence-electron chi connectivity index (χ0n) is 7.97. The molecule has 0 atom stereocenters. The molecule has 1 aromatic rings. The molecule has 2 N–H and O–H groups in total. The molecule has 0 amide bonds. The average molecular weight is 207 g/mol. The van der Waals surface area contributed by atoms with Crippen molar-refractivity contribution in [3.8, 4) is 0 Å². The third-order valence-corrected chi connectivity index (χ3v) is 1.63. The van der Waals surface area contributed by atoms with Gasteiger partial charge in [-0.25, -0.2) is 0 Å². The van der Waals surface area contributed by atoms with Crippen LogP contribution in [0.3, 0.4) is 0 Å². The first-order valence-corrected chi connectivity index (χ1v) is 4.21. The average Bonchev–Trinajstić information content (AvgIpc) is 2.28. The summed E-state index contributed by atoms with van der Waals surface area (Å²) in [6.45, 7) is 3.85. The molecule has 0 fully saturated rings. The Labute approximate surface area is 79.7 Å². The third-order valence-electron chi connectivity index (χ3n) is 1.63. The standard InChI is InChI=1S/C8H12F3N3/c1-5(2)4-14-6(8(9,10)11)3-7(12)13-14/h3,5H,4H2,1-2H3,(H2,12,13). The van der Waals surface area contributed by atoms with Crippen molar-refractivity contribution in [2.45, 2.75) is 26.6 Å². The highest BCUT2D eigenvalue weighted by molar-refractivity contribution is 5.30. The minimum absolute atomic E-state index is 0.0930. The Kier molecular flexibility index (Phi) is 2.73. The highest BCUT2D eigenvalue weighted by Gasteiger charge is 2.35. The minimum Gasteiger partial charge on any atom is -0.382 e. The second-order valence-corrected chi connectivity index (χ2v) is 3.53. The number of anilines is 1. The Balaban J connectivity index is 3.03. The number of aromatic nitrogens is 2. The predicted molar refractivity (Wildman–Crippen MR) is 46.5 cm³/mol. The summed E-state index contributed by atoms with van der Waals surface area (Å²) in [7, 11) is 0. The lowest BCUT2D eigenvalue weighted by Gasteiger charge is -2.11. The lowest BCUT2D eigenvalue weighted by atomic mass is 10.2. The number of halogens is 3. The van der Waals surface area contributed by atoms with E-state index in [1.54, 1.807) is 0 Å². The van der Waals surface area contributed by atoms with Crippen LogP contribution in [0.25, 0.3) is 0 Å². The molecule has 80 valence electrons. The molecule has 0 aliphatic heterocycles. The summed E-state index contributed by atoms with van der Waals surface area (Å²) >= 11 is 0. The van der Waals surface area contributed by atoms with Gasteiger partial charge in [0.05, 0.1) is 0 Å². The lowest BCUT2D eigenvalue weighted by molar-refractivity contribution is -0.144. The van der Waals surface area contributed by atoms with Gasteiger partial charge in [0, 0.05) is 12.6 Å². The van der Waals surface area contributed by atoms with E-state index in [1.165, 1.54) is 0 Å². The summed E-state index contributed by atoms with van der Waals surface area (Å²) in [5, 5.41) is 3.59. The van der Waals surface area contributed by atoms with Crippen LogP contribution in [0.15, 0.2) is 6.07 Å². The molecule has 0 saturated heterocycles. The second-order valence-electron chi connectivity index (χ2n) is 3.53. The highest BCUT2D eigenvalue weighted by atomic mass is 19.4. The van der Waals surface area contributed by atoms with Gasteiger partial charge < -0.3 is 5.73 Å². The molecular formula is C8H12F3N3. The Bertz CT molecular complexity index is 314. The minimum atomic E-state index is -4.39. The molecule has 0 spiro atoms. The predicted octanol–water partition coefficient (Wildman–Crippen LogP) is 2.14. The SMILES string of the molecule is CC(C)Cn1nc(N)cc1C(F)(F)F. The van der Waals surface area contributed by atoms with Crippen LogP contribution in [0.2, 0.25) is 0 Å². The molecule has 0 radical (unpaired) electrons. The Morgan fingerprint density at radius 1 is 1.50 bits per heavy atom. The van der Waals surface area contributed by atoms with E-state index in [1.807, 2.05) is 13.8 Å². The van der Waals surface area contributed by atoms with Crippen LogP contribution in [-0.2, 0) is 12.7 Å². The first kappa shape index (κ1) is 10.9. The molecule has 0 aliphatic rings. The van der Waals surface area contributed by atoms with Crippen LogP contribution in [0, 0.1) is 5.92 Å². The van der Waals surface area contributed by atoms with Crippen LogP contribution in [0.4, 0.5) is 19.0 Å². The number of hydrogen-bond acceptors (Lipinski definition) is 2. The van der Waals surface area contributed by atoms with Crippen LogP contribution < -0.4 is 5.73 Å². The van der Waals surface area contributed by atoms with Crippen molar-refractivity contribution < 1.29 is 13.2 Å². The van der Waals surface area contributed by atoms with Gasteiger partial charge in [-0.15, -0.1) is 0 Å². The summed E-state index contributed by atoms with van der Waals surface area (Å²) in [4.78, 5) is 0. The van der Waals surface area contributed by atoms with Gasteiger partial charge in [0.2, 0.25) is 0 Å². The van der Waals surface area contributed by atoms with Crippen LogP contribution in [0.5, 0.6) is 0 Å². The zero-order chi connectivity index (χ0) is 10.9. The molecule has 0 bridgehead atoms. The van der Waals surface area contributed by atoms with Gasteiger partial charge in [0.1, 0.15) is 11.5 Å². The van der Waals surface area contributed by atoms with E-state index >= 15 is 0 Å². The van der Waals surface area contributed by atoms with Gasteiger partial charge in [0.15, 0.2) is 0 Å². The normalized spacial score (nSPS) is 12.4. The van der Waals surface area contributed by atoms with Crippen molar-refractivity contribution in [1.29, 1.82) is 0 Å². The number of nitrogen functional groups attached to an aromatic ring is 1. The van der Waals surface area contributed by atoms with Gasteiger partial charge in [-0.1, -0.05) is 13.8 Å². The van der Waals surface area contributed by atoms with E-state index < -0.39 is 11.9 Å². The van der Waals surface area contributed by atoms with Crippen molar-refractivity contribution in [2.75, 3.05) is 5.73 Å². The van der Waals surface area contributed by atoms with E-state index in [4.69, 9.17) is 5.73 Å². The fourth-order valence-electron chi connectivity index (χ4n) is 1.15. The van der Waals surface area contributed by atoms with E-state index in [-0.39, 0.29) is 18.3 Å². The lowest BCUT2D eigenvalue weighted by Crippen LogP contribution is -2.17. The van der Waals surface area contributed by atoms with E-state index in [2.05, 4.69) is 5.10 Å². The van der Waals surface area contributed by atoms with Gasteiger partial charge in [-0.3, -0.25) is 4.68 Å². The molecule has 0 aliphatic carbocycles. The smallest absolute Gasteiger partial charge is 0.382 e. The number of nitrogens with zero attached hydrogens (tertiary/aromatic N) is 2. The van der Waals surface area contributed by atoms with Crippen molar-refractivity contribution in [3.05, 3.63) is 11.8 Å². The number of alkyl halides is 3. The maximum Gasteiger partial charge on any atom is 0.433 e. The van der Waals surface area contributed by atoms with Crippen molar-refractivity contribution in [3.63, 3.8) is 0 Å². The Hall–Kier alpha value is -1.20. The van der Waals surface area contributed by atoms with Gasteiger partial charge in [-0.05, 0) is 5.92 Å². The Morgan fingerprint density at radius 2 is 2.07 bits per heavy atom. The van der Waals surface area contributed by atoms with E-state index in [0.29, 0.717) is 0 Å². The van der Waals surface area contributed by atoms with Gasteiger partial charge >= 0.3 is 6.18 Å². The third kappa shape index (κ3) is 2.40. The summed E-state index contributed by atoms with van der Waals surface area (Å²) < 4.78 is 38.1. The van der Waals surface area contributed by atoms with Gasteiger partial charge in [0.25, 0.3) is 0 Å². The number of nitrogens with two attached hydrogens (primary N) is 1. The fourth-order valence-corrected chi connectivity index (χ4v) is 1.15. The first-order valence-electron chi connectivity index (χ1n) is 4.21. The highest BCUT2D eigenvalue weighted by Crippen LogP contribution is 2.30.